The Kier molecular flexibility index (Phi) is 7.00. The van der Waals surface area contributed by atoms with E-state index < -0.39 is 21.7 Å². The van der Waals surface area contributed by atoms with Crippen LogP contribution in [-0.2, 0) is 10.0 Å². The molecule has 1 heterocycles. The zero-order valence-corrected chi connectivity index (χ0v) is 21.2. The van der Waals surface area contributed by atoms with Crippen LogP contribution in [0.1, 0.15) is 51.8 Å². The average Bonchev–Trinajstić information content (AvgIpc) is 3.66. The minimum Gasteiger partial charge on any atom is -0.493 e. The maximum absolute atomic E-state index is 14.8. The second-order valence-corrected chi connectivity index (χ2v) is 11.6. The number of likely N-dealkylation sites (tertiary alicyclic amines) is 1. The molecule has 5 rings (SSSR count). The Morgan fingerprint density at radius 1 is 1.03 bits per heavy atom. The highest BCUT2D eigenvalue weighted by Crippen LogP contribution is 2.45. The molecule has 9 heteroatoms. The van der Waals surface area contributed by atoms with Gasteiger partial charge in [-0.05, 0) is 42.0 Å². The van der Waals surface area contributed by atoms with Gasteiger partial charge in [0.15, 0.2) is 0 Å². The number of hydrogen-bond acceptors (Lipinski definition) is 5. The molecule has 3 aromatic rings. The van der Waals surface area contributed by atoms with Gasteiger partial charge < -0.3 is 4.74 Å². The molecule has 1 aliphatic carbocycles. The van der Waals surface area contributed by atoms with Gasteiger partial charge in [-0.25, -0.2) is 21.9 Å². The molecule has 1 saturated carbocycles. The molecule has 1 N–H and O–H groups in total. The second kappa shape index (κ2) is 10.2. The molecule has 0 spiro atoms. The Bertz CT molecular complexity index is 1400. The molecule has 1 amide bonds. The Morgan fingerprint density at radius 2 is 1.70 bits per heavy atom. The molecule has 1 atom stereocenters. The number of sulfonamides is 1. The van der Waals surface area contributed by atoms with Gasteiger partial charge in [0, 0.05) is 30.6 Å². The fourth-order valence-electron chi connectivity index (χ4n) is 4.86. The van der Waals surface area contributed by atoms with E-state index in [0.717, 1.165) is 24.7 Å². The number of amides is 1. The van der Waals surface area contributed by atoms with Gasteiger partial charge in [-0.2, -0.15) is 0 Å². The normalized spacial score (nSPS) is 17.2. The van der Waals surface area contributed by atoms with E-state index in [2.05, 4.69) is 4.90 Å². The molecule has 6 nitrogen and oxygen atoms in total. The van der Waals surface area contributed by atoms with Crippen molar-refractivity contribution < 1.29 is 26.7 Å². The van der Waals surface area contributed by atoms with Crippen LogP contribution in [-0.4, -0.2) is 45.2 Å². The molecule has 3 aromatic carbocycles. The summed E-state index contributed by atoms with van der Waals surface area (Å²) >= 11 is 0. The molecule has 1 saturated heterocycles. The third kappa shape index (κ3) is 5.83. The average molecular weight is 527 g/mol. The summed E-state index contributed by atoms with van der Waals surface area (Å²) in [5.41, 5.74) is 2.02. The number of carbonyl (C=O) groups excluding carboxylic acids is 1. The van der Waals surface area contributed by atoms with Gasteiger partial charge in [-0.3, -0.25) is 9.69 Å². The van der Waals surface area contributed by atoms with Gasteiger partial charge in [0.2, 0.25) is 10.0 Å². The number of hydrogen-bond donors (Lipinski definition) is 1. The zero-order valence-electron chi connectivity index (χ0n) is 20.4. The van der Waals surface area contributed by atoms with Crippen molar-refractivity contribution in [3.63, 3.8) is 0 Å². The van der Waals surface area contributed by atoms with Gasteiger partial charge in [0.25, 0.3) is 5.91 Å². The predicted molar refractivity (Wildman–Crippen MR) is 136 cm³/mol. The molecule has 0 aromatic heterocycles. The number of ether oxygens (including phenoxy) is 1. The lowest BCUT2D eigenvalue weighted by atomic mass is 9.90. The SMILES string of the molecule is CS(=O)(=O)NC(=O)c1cc(C2CC2)c(OCC2CN(C(c3ccccc3)c3ccccc3F)C2)cc1F. The van der Waals surface area contributed by atoms with Crippen molar-refractivity contribution in [3.8, 4) is 5.75 Å². The largest absolute Gasteiger partial charge is 0.493 e. The zero-order chi connectivity index (χ0) is 26.2. The topological polar surface area (TPSA) is 75.7 Å². The van der Waals surface area contributed by atoms with Gasteiger partial charge in [-0.15, -0.1) is 0 Å². The first-order chi connectivity index (χ1) is 17.7. The molecule has 0 radical (unpaired) electrons. The third-order valence-corrected chi connectivity index (χ3v) is 7.34. The Morgan fingerprint density at radius 3 is 2.35 bits per heavy atom. The van der Waals surface area contributed by atoms with Crippen LogP contribution in [0, 0.1) is 17.6 Å². The Hall–Kier alpha value is -3.30. The fourth-order valence-corrected chi connectivity index (χ4v) is 5.31. The van der Waals surface area contributed by atoms with Gasteiger partial charge in [0.1, 0.15) is 17.4 Å². The van der Waals surface area contributed by atoms with Crippen LogP contribution in [0.25, 0.3) is 0 Å². The van der Waals surface area contributed by atoms with Crippen LogP contribution < -0.4 is 9.46 Å². The van der Waals surface area contributed by atoms with E-state index in [1.807, 2.05) is 47.2 Å². The first-order valence-corrected chi connectivity index (χ1v) is 14.1. The van der Waals surface area contributed by atoms with E-state index in [1.54, 1.807) is 6.07 Å². The monoisotopic (exact) mass is 526 g/mol. The highest BCUT2D eigenvalue weighted by Gasteiger charge is 2.36. The molecule has 1 aliphatic heterocycles. The van der Waals surface area contributed by atoms with Crippen LogP contribution >= 0.6 is 0 Å². The van der Waals surface area contributed by atoms with Crippen molar-refractivity contribution in [2.24, 2.45) is 5.92 Å². The molecule has 0 bridgehead atoms. The molecule has 194 valence electrons. The quantitative estimate of drug-likeness (QED) is 0.440. The molecule has 2 fully saturated rings. The summed E-state index contributed by atoms with van der Waals surface area (Å²) in [5, 5.41) is 0. The van der Waals surface area contributed by atoms with Crippen LogP contribution in [0.15, 0.2) is 66.7 Å². The van der Waals surface area contributed by atoms with E-state index in [4.69, 9.17) is 4.74 Å². The summed E-state index contributed by atoms with van der Waals surface area (Å²) in [4.78, 5) is 14.5. The standard InChI is InChI=1S/C28H28F2N2O4S/c1-37(34,35)31-28(33)23-13-22(19-11-12-19)26(14-25(23)30)36-17-18-15-32(16-18)27(20-7-3-2-4-8-20)21-9-5-6-10-24(21)29/h2-10,13-14,18-19,27H,11-12,15-17H2,1H3,(H,31,33). The maximum atomic E-state index is 14.8. The summed E-state index contributed by atoms with van der Waals surface area (Å²) < 4.78 is 60.1. The first kappa shape index (κ1) is 25.4. The number of benzene rings is 3. The summed E-state index contributed by atoms with van der Waals surface area (Å²) in [7, 11) is -3.81. The Labute approximate surface area is 215 Å². The third-order valence-electron chi connectivity index (χ3n) is 6.78. The molecular formula is C28H28F2N2O4S. The van der Waals surface area contributed by atoms with Crippen LogP contribution in [0.4, 0.5) is 8.78 Å². The highest BCUT2D eigenvalue weighted by atomic mass is 32.2. The van der Waals surface area contributed by atoms with Crippen LogP contribution in [0.2, 0.25) is 0 Å². The number of nitrogens with one attached hydrogen (secondary N) is 1. The van der Waals surface area contributed by atoms with E-state index in [9.17, 15) is 22.0 Å². The minimum absolute atomic E-state index is 0.154. The van der Waals surface area contributed by atoms with Crippen molar-refractivity contribution in [3.05, 3.63) is 101 Å². The lowest BCUT2D eigenvalue weighted by Gasteiger charge is -2.44. The highest BCUT2D eigenvalue weighted by molar-refractivity contribution is 7.89. The van der Waals surface area contributed by atoms with Crippen molar-refractivity contribution in [2.75, 3.05) is 26.0 Å². The van der Waals surface area contributed by atoms with Crippen LogP contribution in [0.5, 0.6) is 5.75 Å². The lowest BCUT2D eigenvalue weighted by molar-refractivity contribution is 0.0365. The number of halogens is 2. The van der Waals surface area contributed by atoms with E-state index in [0.29, 0.717) is 36.6 Å². The summed E-state index contributed by atoms with van der Waals surface area (Å²) in [5.74, 6) is -1.38. The molecule has 2 aliphatic rings. The second-order valence-electron chi connectivity index (χ2n) is 9.81. The fraction of sp³-hybridized carbons (Fsp3) is 0.321. The van der Waals surface area contributed by atoms with Gasteiger partial charge in [-0.1, -0.05) is 48.5 Å². The van der Waals surface area contributed by atoms with E-state index in [-0.39, 0.29) is 29.3 Å². The van der Waals surface area contributed by atoms with Crippen LogP contribution in [0.3, 0.4) is 0 Å². The summed E-state index contributed by atoms with van der Waals surface area (Å²) in [6.45, 7) is 1.72. The van der Waals surface area contributed by atoms with E-state index >= 15 is 0 Å². The van der Waals surface area contributed by atoms with Gasteiger partial charge >= 0.3 is 0 Å². The number of nitrogens with zero attached hydrogens (tertiary/aromatic N) is 1. The molecular weight excluding hydrogens is 498 g/mol. The first-order valence-electron chi connectivity index (χ1n) is 12.2. The summed E-state index contributed by atoms with van der Waals surface area (Å²) in [6.07, 6.45) is 2.64. The smallest absolute Gasteiger partial charge is 0.267 e. The van der Waals surface area contributed by atoms with Crippen molar-refractivity contribution in [2.45, 2.75) is 24.8 Å². The van der Waals surface area contributed by atoms with Gasteiger partial charge in [0.05, 0.1) is 24.5 Å². The summed E-state index contributed by atoms with van der Waals surface area (Å²) in [6, 6.07) is 19.0. The number of rotatable bonds is 9. The molecule has 1 unspecified atom stereocenters. The van der Waals surface area contributed by atoms with Crippen molar-refractivity contribution in [1.29, 1.82) is 0 Å². The Balaban J connectivity index is 1.28. The lowest BCUT2D eigenvalue weighted by Crippen LogP contribution is -2.51. The number of carbonyl (C=O) groups is 1. The minimum atomic E-state index is -3.81. The predicted octanol–water partition coefficient (Wildman–Crippen LogP) is 4.63. The van der Waals surface area contributed by atoms with E-state index in [1.165, 1.54) is 18.2 Å². The van der Waals surface area contributed by atoms with Crippen molar-refractivity contribution >= 4 is 15.9 Å². The molecule has 37 heavy (non-hydrogen) atoms. The van der Waals surface area contributed by atoms with Crippen molar-refractivity contribution in [1.82, 2.24) is 9.62 Å². The maximum Gasteiger partial charge on any atom is 0.267 e.